The zero-order valence-electron chi connectivity index (χ0n) is 28.2. The highest BCUT2D eigenvalue weighted by Gasteiger charge is 2.37. The fourth-order valence-corrected chi connectivity index (χ4v) is 2.94. The summed E-state index contributed by atoms with van der Waals surface area (Å²) in [5.74, 6) is 1.51. The molecule has 0 bridgehead atoms. The van der Waals surface area contributed by atoms with Crippen molar-refractivity contribution in [2.24, 2.45) is 5.92 Å². The molecule has 0 saturated carbocycles. The summed E-state index contributed by atoms with van der Waals surface area (Å²) in [6, 6.07) is 16.0. The number of imide groups is 1. The van der Waals surface area contributed by atoms with Crippen LogP contribution in [0.25, 0.3) is 0 Å². The van der Waals surface area contributed by atoms with Crippen LogP contribution in [0.4, 0.5) is 0 Å². The van der Waals surface area contributed by atoms with Crippen LogP contribution in [0.1, 0.15) is 161 Å². The highest BCUT2D eigenvalue weighted by atomic mass is 16.2. The number of carbonyl (C=O) groups excluding carboxylic acids is 2. The number of fused-ring (bicyclic) bond motifs is 1. The molecule has 0 saturated heterocycles. The standard InChI is InChI=1S/C14H17NO2.C9H12.C4H10.4C2H6/c1-8(2)10-5-6-11-12(7-10)14(17)15(9(3)4)13(11)16;1-8(2)9-6-4-3-5-7-9;1-4(2)3;4*1-2/h5-9H,1-4H3;3-8H,1-2H3;4H,1-3H3;4*1-2H3. The second kappa shape index (κ2) is 26.2. The second-order valence-corrected chi connectivity index (χ2v) is 9.33. The molecule has 0 aliphatic carbocycles. The molecule has 0 fully saturated rings. The van der Waals surface area contributed by atoms with Crippen LogP contribution in [-0.4, -0.2) is 22.8 Å². The first kappa shape index (κ1) is 42.7. The molecule has 3 rings (SSSR count). The van der Waals surface area contributed by atoms with Crippen molar-refractivity contribution in [2.45, 2.75) is 136 Å². The van der Waals surface area contributed by atoms with Crippen LogP contribution in [0.2, 0.25) is 0 Å². The van der Waals surface area contributed by atoms with Gasteiger partial charge in [-0.05, 0) is 54.9 Å². The normalized spacial score (nSPS) is 10.7. The average Bonchev–Trinajstić information content (AvgIpc) is 3.18. The Kier molecular flexibility index (Phi) is 29.4. The lowest BCUT2D eigenvalue weighted by Crippen LogP contribution is -2.35. The van der Waals surface area contributed by atoms with Gasteiger partial charge in [0.1, 0.15) is 0 Å². The summed E-state index contributed by atoms with van der Waals surface area (Å²) >= 11 is 0. The van der Waals surface area contributed by atoms with E-state index in [0.29, 0.717) is 23.0 Å². The molecule has 1 heterocycles. The second-order valence-electron chi connectivity index (χ2n) is 9.33. The summed E-state index contributed by atoms with van der Waals surface area (Å²) in [6.45, 7) is 34.8. The summed E-state index contributed by atoms with van der Waals surface area (Å²) in [5.41, 5.74) is 3.59. The van der Waals surface area contributed by atoms with Crippen molar-refractivity contribution in [3.8, 4) is 0 Å². The smallest absolute Gasteiger partial charge is 0.261 e. The Balaban J connectivity index is -0.000000232. The molecule has 0 N–H and O–H groups in total. The van der Waals surface area contributed by atoms with Gasteiger partial charge in [0.2, 0.25) is 0 Å². The van der Waals surface area contributed by atoms with Crippen LogP contribution in [0.3, 0.4) is 0 Å². The third kappa shape index (κ3) is 16.4. The molecule has 0 unspecified atom stereocenters. The van der Waals surface area contributed by atoms with Crippen molar-refractivity contribution < 1.29 is 9.59 Å². The van der Waals surface area contributed by atoms with Gasteiger partial charge in [-0.2, -0.15) is 0 Å². The van der Waals surface area contributed by atoms with Crippen LogP contribution >= 0.6 is 0 Å². The SMILES string of the molecule is CC.CC.CC.CC.CC(C)C.CC(C)c1ccc2c(c1)C(=O)N(C(C)C)C2=O.CC(C)c1ccccc1. The summed E-state index contributed by atoms with van der Waals surface area (Å²) in [7, 11) is 0. The Morgan fingerprint density at radius 2 is 0.868 bits per heavy atom. The van der Waals surface area contributed by atoms with Gasteiger partial charge in [0.25, 0.3) is 11.8 Å². The molecular formula is C35H63NO2. The third-order valence-corrected chi connectivity index (χ3v) is 4.59. The van der Waals surface area contributed by atoms with Gasteiger partial charge in [0, 0.05) is 6.04 Å². The van der Waals surface area contributed by atoms with Crippen molar-refractivity contribution in [3.63, 3.8) is 0 Å². The quantitative estimate of drug-likeness (QED) is 0.371. The maximum Gasteiger partial charge on any atom is 0.261 e. The molecule has 38 heavy (non-hydrogen) atoms. The first-order chi connectivity index (χ1) is 18.0. The number of hydrogen-bond acceptors (Lipinski definition) is 2. The lowest BCUT2D eigenvalue weighted by Gasteiger charge is -2.17. The fraction of sp³-hybridized carbons (Fsp3) is 0.600. The van der Waals surface area contributed by atoms with Gasteiger partial charge in [-0.1, -0.05) is 140 Å². The first-order valence-corrected chi connectivity index (χ1v) is 15.0. The molecule has 0 radical (unpaired) electrons. The summed E-state index contributed by atoms with van der Waals surface area (Å²) in [6.07, 6.45) is 0. The van der Waals surface area contributed by atoms with E-state index in [1.165, 1.54) is 10.5 Å². The van der Waals surface area contributed by atoms with Crippen LogP contribution in [0.5, 0.6) is 0 Å². The molecule has 2 aromatic carbocycles. The highest BCUT2D eigenvalue weighted by Crippen LogP contribution is 2.27. The number of rotatable bonds is 3. The van der Waals surface area contributed by atoms with E-state index in [1.54, 1.807) is 6.07 Å². The minimum atomic E-state index is -0.171. The molecule has 0 spiro atoms. The molecule has 1 aliphatic rings. The summed E-state index contributed by atoms with van der Waals surface area (Å²) < 4.78 is 0. The molecule has 1 aliphatic heterocycles. The van der Waals surface area contributed by atoms with E-state index in [1.807, 2.05) is 87.4 Å². The zero-order chi connectivity index (χ0) is 31.0. The van der Waals surface area contributed by atoms with Gasteiger partial charge in [-0.25, -0.2) is 0 Å². The van der Waals surface area contributed by atoms with Crippen LogP contribution in [0, 0.1) is 5.92 Å². The molecule has 2 amide bonds. The average molecular weight is 530 g/mol. The van der Waals surface area contributed by atoms with Crippen LogP contribution in [-0.2, 0) is 0 Å². The maximum atomic E-state index is 12.1. The van der Waals surface area contributed by atoms with E-state index in [4.69, 9.17) is 0 Å². The van der Waals surface area contributed by atoms with E-state index in [-0.39, 0.29) is 17.9 Å². The molecule has 3 nitrogen and oxygen atoms in total. The lowest BCUT2D eigenvalue weighted by molar-refractivity contribution is 0.0609. The Morgan fingerprint density at radius 1 is 0.500 bits per heavy atom. The molecule has 3 heteroatoms. The third-order valence-electron chi connectivity index (χ3n) is 4.59. The molecular weight excluding hydrogens is 466 g/mol. The molecule has 2 aromatic rings. The Hall–Kier alpha value is -2.42. The van der Waals surface area contributed by atoms with Gasteiger partial charge < -0.3 is 0 Å². The van der Waals surface area contributed by atoms with Crippen molar-refractivity contribution >= 4 is 11.8 Å². The van der Waals surface area contributed by atoms with Gasteiger partial charge in [0.05, 0.1) is 11.1 Å². The minimum Gasteiger partial charge on any atom is -0.272 e. The number of carbonyl (C=O) groups is 2. The molecule has 0 aromatic heterocycles. The monoisotopic (exact) mass is 529 g/mol. The van der Waals surface area contributed by atoms with Crippen molar-refractivity contribution in [1.82, 2.24) is 4.90 Å². The Bertz CT molecular complexity index is 818. The largest absolute Gasteiger partial charge is 0.272 e. The van der Waals surface area contributed by atoms with Gasteiger partial charge in [-0.3, -0.25) is 14.5 Å². The van der Waals surface area contributed by atoms with Crippen LogP contribution < -0.4 is 0 Å². The highest BCUT2D eigenvalue weighted by molar-refractivity contribution is 6.21. The minimum absolute atomic E-state index is 0.0927. The van der Waals surface area contributed by atoms with Crippen molar-refractivity contribution in [2.75, 3.05) is 0 Å². The number of amides is 2. The summed E-state index contributed by atoms with van der Waals surface area (Å²) in [4.78, 5) is 25.5. The van der Waals surface area contributed by atoms with Gasteiger partial charge in [-0.15, -0.1) is 0 Å². The number of hydrogen-bond donors (Lipinski definition) is 0. The van der Waals surface area contributed by atoms with E-state index in [2.05, 4.69) is 72.7 Å². The number of benzene rings is 2. The zero-order valence-corrected chi connectivity index (χ0v) is 28.2. The molecule has 220 valence electrons. The topological polar surface area (TPSA) is 37.4 Å². The Morgan fingerprint density at radius 3 is 1.18 bits per heavy atom. The van der Waals surface area contributed by atoms with Crippen molar-refractivity contribution in [1.29, 1.82) is 0 Å². The first-order valence-electron chi connectivity index (χ1n) is 15.0. The van der Waals surface area contributed by atoms with E-state index in [0.717, 1.165) is 11.5 Å². The maximum absolute atomic E-state index is 12.1. The lowest BCUT2D eigenvalue weighted by atomic mass is 9.98. The van der Waals surface area contributed by atoms with E-state index < -0.39 is 0 Å². The van der Waals surface area contributed by atoms with Gasteiger partial charge in [0.15, 0.2) is 0 Å². The van der Waals surface area contributed by atoms with E-state index in [9.17, 15) is 9.59 Å². The molecule has 0 atom stereocenters. The van der Waals surface area contributed by atoms with Gasteiger partial charge >= 0.3 is 0 Å². The fourth-order valence-electron chi connectivity index (χ4n) is 2.94. The van der Waals surface area contributed by atoms with Crippen molar-refractivity contribution in [3.05, 3.63) is 70.8 Å². The number of nitrogens with zero attached hydrogens (tertiary/aromatic N) is 1. The van der Waals surface area contributed by atoms with E-state index >= 15 is 0 Å². The van der Waals surface area contributed by atoms with Crippen LogP contribution in [0.15, 0.2) is 48.5 Å². The predicted octanol–water partition coefficient (Wildman–Crippen LogP) is 11.4. The predicted molar refractivity (Wildman–Crippen MR) is 173 cm³/mol. The Labute approximate surface area is 238 Å². The summed E-state index contributed by atoms with van der Waals surface area (Å²) in [5, 5.41) is 0.